The molecule has 1 aromatic rings. The Hall–Kier alpha value is -1.84. The van der Waals surface area contributed by atoms with Gasteiger partial charge in [-0.3, -0.25) is 9.59 Å². The number of hydrogen-bond donors (Lipinski definition) is 2. The van der Waals surface area contributed by atoms with Crippen LogP contribution in [0, 0.1) is 31.6 Å². The van der Waals surface area contributed by atoms with E-state index < -0.39 is 0 Å². The zero-order valence-corrected chi connectivity index (χ0v) is 16.0. The normalized spacial score (nSPS) is 20.4. The molecule has 0 aliphatic heterocycles. The van der Waals surface area contributed by atoms with Gasteiger partial charge in [0.05, 0.1) is 0 Å². The Kier molecular flexibility index (Phi) is 7.03. The molecule has 0 aromatic heterocycles. The maximum atomic E-state index is 12.6. The maximum Gasteiger partial charge on any atom is 0.227 e. The Bertz CT molecular complexity index is 582. The molecular weight excluding hydrogens is 312 g/mol. The van der Waals surface area contributed by atoms with Gasteiger partial charge in [0.25, 0.3) is 0 Å². The standard InChI is InChI=1S/C21H32N2O2/c1-14(2)12-13-22-20(24)17-8-10-18(11-9-17)21(25)23-19-15(3)6-5-7-16(19)4/h5-7,14,17-18H,8-13H2,1-4H3,(H,22,24)(H,23,25). The van der Waals surface area contributed by atoms with Crippen LogP contribution in [0.3, 0.4) is 0 Å². The molecule has 1 aliphatic rings. The van der Waals surface area contributed by atoms with Crippen molar-refractivity contribution in [2.45, 2.75) is 59.8 Å². The van der Waals surface area contributed by atoms with Gasteiger partial charge in [-0.2, -0.15) is 0 Å². The van der Waals surface area contributed by atoms with E-state index in [-0.39, 0.29) is 23.7 Å². The largest absolute Gasteiger partial charge is 0.356 e. The molecule has 0 spiro atoms. The molecule has 0 saturated heterocycles. The van der Waals surface area contributed by atoms with Crippen LogP contribution in [0.2, 0.25) is 0 Å². The summed E-state index contributed by atoms with van der Waals surface area (Å²) in [5.41, 5.74) is 3.11. The van der Waals surface area contributed by atoms with Gasteiger partial charge in [0, 0.05) is 24.1 Å². The van der Waals surface area contributed by atoms with E-state index in [0.29, 0.717) is 5.92 Å². The molecule has 2 N–H and O–H groups in total. The molecule has 2 rings (SSSR count). The maximum absolute atomic E-state index is 12.6. The van der Waals surface area contributed by atoms with Crippen LogP contribution in [0.15, 0.2) is 18.2 Å². The number of amides is 2. The summed E-state index contributed by atoms with van der Waals surface area (Å²) >= 11 is 0. The quantitative estimate of drug-likeness (QED) is 0.812. The van der Waals surface area contributed by atoms with Crippen molar-refractivity contribution in [3.05, 3.63) is 29.3 Å². The molecule has 4 nitrogen and oxygen atoms in total. The number of carbonyl (C=O) groups is 2. The fraction of sp³-hybridized carbons (Fsp3) is 0.619. The zero-order valence-electron chi connectivity index (χ0n) is 16.0. The van der Waals surface area contributed by atoms with Crippen molar-refractivity contribution in [3.8, 4) is 0 Å². The predicted molar refractivity (Wildman–Crippen MR) is 102 cm³/mol. The Morgan fingerprint density at radius 1 is 1.00 bits per heavy atom. The average Bonchev–Trinajstić information content (AvgIpc) is 2.58. The van der Waals surface area contributed by atoms with Crippen LogP contribution in [0.5, 0.6) is 0 Å². The molecule has 0 heterocycles. The highest BCUT2D eigenvalue weighted by atomic mass is 16.2. The first kappa shape index (κ1) is 19.5. The van der Waals surface area contributed by atoms with E-state index in [4.69, 9.17) is 0 Å². The summed E-state index contributed by atoms with van der Waals surface area (Å²) in [5, 5.41) is 6.14. The molecule has 1 saturated carbocycles. The van der Waals surface area contributed by atoms with Crippen molar-refractivity contribution in [1.82, 2.24) is 5.32 Å². The molecule has 0 atom stereocenters. The number of rotatable bonds is 6. The Balaban J connectivity index is 1.81. The molecule has 1 fully saturated rings. The topological polar surface area (TPSA) is 58.2 Å². The number of benzene rings is 1. The summed E-state index contributed by atoms with van der Waals surface area (Å²) in [6, 6.07) is 6.03. The molecule has 1 aliphatic carbocycles. The lowest BCUT2D eigenvalue weighted by atomic mass is 9.81. The molecule has 0 bridgehead atoms. The summed E-state index contributed by atoms with van der Waals surface area (Å²) in [5.74, 6) is 0.935. The van der Waals surface area contributed by atoms with E-state index in [9.17, 15) is 9.59 Å². The monoisotopic (exact) mass is 344 g/mol. The Labute approximate surface area is 151 Å². The first-order valence-electron chi connectivity index (χ1n) is 9.53. The highest BCUT2D eigenvalue weighted by Gasteiger charge is 2.30. The number of carbonyl (C=O) groups excluding carboxylic acids is 2. The summed E-state index contributed by atoms with van der Waals surface area (Å²) in [6.45, 7) is 9.10. The summed E-state index contributed by atoms with van der Waals surface area (Å²) in [4.78, 5) is 24.8. The van der Waals surface area contributed by atoms with Crippen molar-refractivity contribution in [2.75, 3.05) is 11.9 Å². The Morgan fingerprint density at radius 3 is 2.04 bits per heavy atom. The molecule has 25 heavy (non-hydrogen) atoms. The lowest BCUT2D eigenvalue weighted by molar-refractivity contribution is -0.128. The van der Waals surface area contributed by atoms with Gasteiger partial charge in [0.1, 0.15) is 0 Å². The van der Waals surface area contributed by atoms with E-state index in [0.717, 1.165) is 55.5 Å². The summed E-state index contributed by atoms with van der Waals surface area (Å²) in [6.07, 6.45) is 4.20. The first-order valence-corrected chi connectivity index (χ1v) is 9.53. The van der Waals surface area contributed by atoms with Gasteiger partial charge < -0.3 is 10.6 Å². The SMILES string of the molecule is Cc1cccc(C)c1NC(=O)C1CCC(C(=O)NCCC(C)C)CC1. The lowest BCUT2D eigenvalue weighted by Gasteiger charge is -2.27. The van der Waals surface area contributed by atoms with Crippen LogP contribution in [0.1, 0.15) is 57.1 Å². The second-order valence-corrected chi connectivity index (χ2v) is 7.78. The first-order chi connectivity index (χ1) is 11.9. The molecule has 0 unspecified atom stereocenters. The highest BCUT2D eigenvalue weighted by Crippen LogP contribution is 2.30. The van der Waals surface area contributed by atoms with Crippen molar-refractivity contribution < 1.29 is 9.59 Å². The van der Waals surface area contributed by atoms with Gasteiger partial charge >= 0.3 is 0 Å². The third kappa shape index (κ3) is 5.58. The second-order valence-electron chi connectivity index (χ2n) is 7.78. The van der Waals surface area contributed by atoms with E-state index in [1.165, 1.54) is 0 Å². The van der Waals surface area contributed by atoms with Crippen LogP contribution in [-0.4, -0.2) is 18.4 Å². The number of para-hydroxylation sites is 1. The highest BCUT2D eigenvalue weighted by molar-refractivity contribution is 5.94. The zero-order chi connectivity index (χ0) is 18.4. The van der Waals surface area contributed by atoms with Crippen LogP contribution in [-0.2, 0) is 9.59 Å². The minimum absolute atomic E-state index is 0.0127. The number of anilines is 1. The molecule has 0 radical (unpaired) electrons. The van der Waals surface area contributed by atoms with Gasteiger partial charge in [-0.25, -0.2) is 0 Å². The second kappa shape index (κ2) is 9.02. The van der Waals surface area contributed by atoms with Crippen LogP contribution in [0.4, 0.5) is 5.69 Å². The Morgan fingerprint density at radius 2 is 1.52 bits per heavy atom. The van der Waals surface area contributed by atoms with Gasteiger partial charge in [0.2, 0.25) is 11.8 Å². The van der Waals surface area contributed by atoms with Gasteiger partial charge in [0.15, 0.2) is 0 Å². The van der Waals surface area contributed by atoms with Gasteiger partial charge in [-0.15, -0.1) is 0 Å². The van der Waals surface area contributed by atoms with Crippen molar-refractivity contribution in [3.63, 3.8) is 0 Å². The fourth-order valence-electron chi connectivity index (χ4n) is 3.48. The molecule has 2 amide bonds. The number of hydrogen-bond acceptors (Lipinski definition) is 2. The van der Waals surface area contributed by atoms with Crippen LogP contribution < -0.4 is 10.6 Å². The molecular formula is C21H32N2O2. The average molecular weight is 344 g/mol. The van der Waals surface area contributed by atoms with E-state index in [2.05, 4.69) is 24.5 Å². The number of aryl methyl sites for hydroxylation is 2. The third-order valence-corrected chi connectivity index (χ3v) is 5.22. The van der Waals surface area contributed by atoms with Crippen LogP contribution in [0.25, 0.3) is 0 Å². The third-order valence-electron chi connectivity index (χ3n) is 5.22. The predicted octanol–water partition coefficient (Wildman–Crippen LogP) is 4.21. The van der Waals surface area contributed by atoms with Crippen molar-refractivity contribution >= 4 is 17.5 Å². The minimum atomic E-state index is 0.0127. The van der Waals surface area contributed by atoms with Crippen LogP contribution >= 0.6 is 0 Å². The smallest absolute Gasteiger partial charge is 0.227 e. The number of nitrogens with one attached hydrogen (secondary N) is 2. The summed E-state index contributed by atoms with van der Waals surface area (Å²) < 4.78 is 0. The van der Waals surface area contributed by atoms with Crippen molar-refractivity contribution in [2.24, 2.45) is 17.8 Å². The molecule has 138 valence electrons. The van der Waals surface area contributed by atoms with E-state index in [1.54, 1.807) is 0 Å². The molecule has 4 heteroatoms. The van der Waals surface area contributed by atoms with Gasteiger partial charge in [-0.1, -0.05) is 32.0 Å². The lowest BCUT2D eigenvalue weighted by Crippen LogP contribution is -2.36. The van der Waals surface area contributed by atoms with Crippen molar-refractivity contribution in [1.29, 1.82) is 0 Å². The fourth-order valence-corrected chi connectivity index (χ4v) is 3.48. The van der Waals surface area contributed by atoms with Gasteiger partial charge in [-0.05, 0) is 63.0 Å². The van der Waals surface area contributed by atoms with E-state index >= 15 is 0 Å². The molecule has 1 aromatic carbocycles. The minimum Gasteiger partial charge on any atom is -0.356 e. The van der Waals surface area contributed by atoms with E-state index in [1.807, 2.05) is 32.0 Å². The summed E-state index contributed by atoms with van der Waals surface area (Å²) in [7, 11) is 0.